The zero-order chi connectivity index (χ0) is 18.0. The van der Waals surface area contributed by atoms with Gasteiger partial charge in [-0.3, -0.25) is 10.2 Å². The molecule has 3 N–H and O–H groups in total. The molecule has 3 rings (SSSR count). The fourth-order valence-corrected chi connectivity index (χ4v) is 4.49. The molecule has 0 fully saturated rings. The molecule has 2 aromatic rings. The molecule has 1 aromatic heterocycles. The first-order valence-corrected chi connectivity index (χ1v) is 9.49. The fraction of sp³-hybridized carbons (Fsp3) is 0.294. The number of hydrazine groups is 1. The summed E-state index contributed by atoms with van der Waals surface area (Å²) in [5.41, 5.74) is 6.91. The Balaban J connectivity index is 1.58. The summed E-state index contributed by atoms with van der Waals surface area (Å²) in [6, 6.07) is 4.13. The Hall–Kier alpha value is -1.76. The van der Waals surface area contributed by atoms with E-state index in [1.54, 1.807) is 23.5 Å². The second kappa shape index (κ2) is 7.64. The van der Waals surface area contributed by atoms with Gasteiger partial charge in [0, 0.05) is 15.3 Å². The molecule has 5 nitrogen and oxygen atoms in total. The number of carbonyl (C=O) groups excluding carboxylic acids is 2. The molecule has 0 aliphatic heterocycles. The topological polar surface area (TPSA) is 70.2 Å². The third-order valence-electron chi connectivity index (χ3n) is 4.12. The summed E-state index contributed by atoms with van der Waals surface area (Å²) in [4.78, 5) is 25.5. The molecule has 1 aliphatic carbocycles. The van der Waals surface area contributed by atoms with E-state index in [1.165, 1.54) is 10.9 Å². The van der Waals surface area contributed by atoms with Gasteiger partial charge in [0.1, 0.15) is 0 Å². The minimum absolute atomic E-state index is 0.315. The molecule has 8 heteroatoms. The Morgan fingerprint density at radius 3 is 2.80 bits per heavy atom. The molecule has 0 saturated carbocycles. The van der Waals surface area contributed by atoms with E-state index in [9.17, 15) is 9.59 Å². The third-order valence-corrected chi connectivity index (χ3v) is 5.71. The van der Waals surface area contributed by atoms with Crippen LogP contribution < -0.4 is 16.2 Å². The van der Waals surface area contributed by atoms with Crippen molar-refractivity contribution in [3.63, 3.8) is 0 Å². The summed E-state index contributed by atoms with van der Waals surface area (Å²) in [7, 11) is 0. The number of hydrogen-bond acceptors (Lipinski definition) is 3. The number of anilines is 1. The number of amides is 3. The van der Waals surface area contributed by atoms with Gasteiger partial charge in [0.2, 0.25) is 0 Å². The number of hydrogen-bond donors (Lipinski definition) is 3. The van der Waals surface area contributed by atoms with Gasteiger partial charge >= 0.3 is 6.03 Å². The van der Waals surface area contributed by atoms with E-state index < -0.39 is 6.03 Å². The Kier molecular flexibility index (Phi) is 5.51. The molecular weight excluding hydrogens is 381 g/mol. The number of fused-ring (bicyclic) bond motifs is 1. The second-order valence-corrected chi connectivity index (χ2v) is 7.86. The first-order chi connectivity index (χ1) is 11.9. The number of urea groups is 1. The van der Waals surface area contributed by atoms with Crippen LogP contribution in [0.25, 0.3) is 0 Å². The lowest BCUT2D eigenvalue weighted by molar-refractivity contribution is 0.0937. The zero-order valence-electron chi connectivity index (χ0n) is 13.5. The summed E-state index contributed by atoms with van der Waals surface area (Å²) in [6.45, 7) is 2.22. The molecule has 0 saturated heterocycles. The van der Waals surface area contributed by atoms with E-state index in [0.29, 0.717) is 27.2 Å². The molecule has 0 spiro atoms. The van der Waals surface area contributed by atoms with Crippen LogP contribution in [-0.2, 0) is 12.8 Å². The van der Waals surface area contributed by atoms with Crippen LogP contribution in [0, 0.1) is 5.92 Å². The van der Waals surface area contributed by atoms with Crippen molar-refractivity contribution in [3.05, 3.63) is 49.6 Å². The van der Waals surface area contributed by atoms with Crippen molar-refractivity contribution in [2.45, 2.75) is 26.2 Å². The first kappa shape index (κ1) is 18.0. The average molecular weight is 398 g/mol. The molecule has 1 atom stereocenters. The monoisotopic (exact) mass is 397 g/mol. The smallest absolute Gasteiger partial charge is 0.305 e. The number of thiophene rings is 1. The van der Waals surface area contributed by atoms with Crippen molar-refractivity contribution in [2.24, 2.45) is 5.92 Å². The molecule has 1 aromatic carbocycles. The Morgan fingerprint density at radius 2 is 2.04 bits per heavy atom. The largest absolute Gasteiger partial charge is 0.337 e. The average Bonchev–Trinajstić information content (AvgIpc) is 2.98. The Morgan fingerprint density at radius 1 is 1.24 bits per heavy atom. The predicted molar refractivity (Wildman–Crippen MR) is 102 cm³/mol. The van der Waals surface area contributed by atoms with Gasteiger partial charge in [-0.1, -0.05) is 30.1 Å². The van der Waals surface area contributed by atoms with Crippen molar-refractivity contribution in [1.82, 2.24) is 10.9 Å². The fourth-order valence-electron chi connectivity index (χ4n) is 2.79. The normalized spacial score (nSPS) is 16.0. The highest BCUT2D eigenvalue weighted by molar-refractivity contribution is 7.10. The molecule has 1 aliphatic rings. The molecule has 132 valence electrons. The van der Waals surface area contributed by atoms with Crippen molar-refractivity contribution >= 4 is 52.2 Å². The molecule has 1 heterocycles. The SMILES string of the molecule is C[C@H]1CCc2c(C(=O)NNC(=O)Nc3ccc(Cl)cc3Cl)csc2C1. The minimum atomic E-state index is -0.588. The number of rotatable bonds is 2. The van der Waals surface area contributed by atoms with E-state index in [2.05, 4.69) is 23.1 Å². The van der Waals surface area contributed by atoms with E-state index >= 15 is 0 Å². The standard InChI is InChI=1S/C17H17Cl2N3O2S/c1-9-2-4-11-12(8-25-15(11)6-9)16(23)21-22-17(24)20-14-5-3-10(18)7-13(14)19/h3,5,7-9H,2,4,6H2,1H3,(H,21,23)(H2,20,22,24)/t9-/m0/s1. The first-order valence-electron chi connectivity index (χ1n) is 7.85. The quantitative estimate of drug-likeness (QED) is 0.645. The number of halogens is 2. The summed E-state index contributed by atoms with van der Waals surface area (Å²) < 4.78 is 0. The Bertz CT molecular complexity index is 822. The van der Waals surface area contributed by atoms with Gasteiger partial charge in [-0.15, -0.1) is 11.3 Å². The molecule has 3 amide bonds. The zero-order valence-corrected chi connectivity index (χ0v) is 15.8. The molecule has 0 bridgehead atoms. The van der Waals surface area contributed by atoms with Crippen LogP contribution in [0.15, 0.2) is 23.6 Å². The molecule has 25 heavy (non-hydrogen) atoms. The van der Waals surface area contributed by atoms with Gasteiger partial charge in [-0.25, -0.2) is 10.2 Å². The van der Waals surface area contributed by atoms with Gasteiger partial charge in [-0.2, -0.15) is 0 Å². The Labute approximate surface area is 159 Å². The number of benzene rings is 1. The van der Waals surface area contributed by atoms with Gasteiger partial charge in [0.15, 0.2) is 0 Å². The number of nitrogens with one attached hydrogen (secondary N) is 3. The summed E-state index contributed by atoms with van der Waals surface area (Å²) in [6.07, 6.45) is 2.98. The highest BCUT2D eigenvalue weighted by Crippen LogP contribution is 2.32. The van der Waals surface area contributed by atoms with Crippen molar-refractivity contribution in [3.8, 4) is 0 Å². The molecule has 0 radical (unpaired) electrons. The minimum Gasteiger partial charge on any atom is -0.305 e. The second-order valence-electron chi connectivity index (χ2n) is 6.06. The highest BCUT2D eigenvalue weighted by atomic mass is 35.5. The number of carbonyl (C=O) groups is 2. The van der Waals surface area contributed by atoms with Gasteiger partial charge in [0.05, 0.1) is 16.3 Å². The maximum Gasteiger partial charge on any atom is 0.337 e. The molecule has 0 unspecified atom stereocenters. The highest BCUT2D eigenvalue weighted by Gasteiger charge is 2.23. The van der Waals surface area contributed by atoms with Crippen LogP contribution in [0.5, 0.6) is 0 Å². The van der Waals surface area contributed by atoms with E-state index in [0.717, 1.165) is 24.8 Å². The van der Waals surface area contributed by atoms with Crippen LogP contribution in [0.2, 0.25) is 10.0 Å². The van der Waals surface area contributed by atoms with Gasteiger partial charge in [-0.05, 0) is 48.9 Å². The molecular formula is C17H17Cl2N3O2S. The third kappa shape index (κ3) is 4.26. The lowest BCUT2D eigenvalue weighted by atomic mass is 9.88. The van der Waals surface area contributed by atoms with Crippen LogP contribution in [0.3, 0.4) is 0 Å². The van der Waals surface area contributed by atoms with Crippen LogP contribution in [0.4, 0.5) is 10.5 Å². The summed E-state index contributed by atoms with van der Waals surface area (Å²) in [5.74, 6) is 0.333. The summed E-state index contributed by atoms with van der Waals surface area (Å²) >= 11 is 13.4. The maximum absolute atomic E-state index is 12.3. The van der Waals surface area contributed by atoms with Crippen molar-refractivity contribution in [2.75, 3.05) is 5.32 Å². The van der Waals surface area contributed by atoms with Gasteiger partial charge in [0.25, 0.3) is 5.91 Å². The lowest BCUT2D eigenvalue weighted by Crippen LogP contribution is -2.44. The van der Waals surface area contributed by atoms with E-state index in [4.69, 9.17) is 23.2 Å². The maximum atomic E-state index is 12.3. The predicted octanol–water partition coefficient (Wildman–Crippen LogP) is 4.65. The van der Waals surface area contributed by atoms with Crippen molar-refractivity contribution in [1.29, 1.82) is 0 Å². The lowest BCUT2D eigenvalue weighted by Gasteiger charge is -2.18. The summed E-state index contributed by atoms with van der Waals surface area (Å²) in [5, 5.41) is 5.20. The van der Waals surface area contributed by atoms with Gasteiger partial charge < -0.3 is 5.32 Å². The van der Waals surface area contributed by atoms with E-state index in [-0.39, 0.29) is 5.91 Å². The van der Waals surface area contributed by atoms with Crippen LogP contribution >= 0.6 is 34.5 Å². The van der Waals surface area contributed by atoms with Crippen molar-refractivity contribution < 1.29 is 9.59 Å². The van der Waals surface area contributed by atoms with Crippen LogP contribution in [0.1, 0.15) is 34.1 Å². The van der Waals surface area contributed by atoms with E-state index in [1.807, 2.05) is 5.38 Å². The van der Waals surface area contributed by atoms with Crippen LogP contribution in [-0.4, -0.2) is 11.9 Å².